The normalized spacial score (nSPS) is 12.6. The van der Waals surface area contributed by atoms with Crippen LogP contribution in [-0.4, -0.2) is 40.7 Å². The smallest absolute Gasteiger partial charge is 0.347 e. The Morgan fingerprint density at radius 1 is 1.03 bits per heavy atom. The molecule has 2 aromatic carbocycles. The fourth-order valence-corrected chi connectivity index (χ4v) is 4.20. The number of hydrogen-bond acceptors (Lipinski definition) is 3. The number of halogens is 2. The van der Waals surface area contributed by atoms with Crippen molar-refractivity contribution in [1.29, 1.82) is 0 Å². The third-order valence-electron chi connectivity index (χ3n) is 6.30. The molecule has 0 aliphatic heterocycles. The number of ether oxygens (including phenoxy) is 1. The number of benzene rings is 2. The largest absolute Gasteiger partial charge is 0.478 e. The topological polar surface area (TPSA) is 78.9 Å². The molecule has 0 saturated carbocycles. The van der Waals surface area contributed by atoms with Crippen molar-refractivity contribution in [2.45, 2.75) is 77.9 Å². The molecule has 0 saturated heterocycles. The van der Waals surface area contributed by atoms with Crippen molar-refractivity contribution >= 4 is 35.2 Å². The van der Waals surface area contributed by atoms with Crippen LogP contribution in [0.2, 0.25) is 10.0 Å². The highest BCUT2D eigenvalue weighted by molar-refractivity contribution is 6.35. The van der Waals surface area contributed by atoms with Crippen molar-refractivity contribution in [3.8, 4) is 5.75 Å². The van der Waals surface area contributed by atoms with Gasteiger partial charge in [0.1, 0.15) is 5.75 Å². The lowest BCUT2D eigenvalue weighted by Gasteiger charge is -2.25. The first kappa shape index (κ1) is 29.8. The minimum absolute atomic E-state index is 0.145. The molecular formula is C28H38Cl2N2O4. The van der Waals surface area contributed by atoms with Crippen LogP contribution in [0.15, 0.2) is 42.5 Å². The van der Waals surface area contributed by atoms with Gasteiger partial charge in [0.05, 0.1) is 0 Å². The first-order chi connectivity index (χ1) is 17.2. The summed E-state index contributed by atoms with van der Waals surface area (Å²) < 4.78 is 5.80. The molecule has 0 aliphatic rings. The van der Waals surface area contributed by atoms with Crippen LogP contribution >= 0.6 is 23.2 Å². The zero-order valence-corrected chi connectivity index (χ0v) is 23.0. The Labute approximate surface area is 224 Å². The van der Waals surface area contributed by atoms with Crippen LogP contribution in [0.3, 0.4) is 0 Å². The molecular weight excluding hydrogens is 499 g/mol. The molecule has 0 bridgehead atoms. The molecule has 6 nitrogen and oxygen atoms in total. The van der Waals surface area contributed by atoms with Gasteiger partial charge in [-0.25, -0.2) is 9.59 Å². The molecule has 0 heterocycles. The molecule has 8 heteroatoms. The highest BCUT2D eigenvalue weighted by atomic mass is 35.5. The number of urea groups is 1. The second-order valence-corrected chi connectivity index (χ2v) is 10.0. The molecule has 36 heavy (non-hydrogen) atoms. The number of carboxylic acids is 1. The lowest BCUT2D eigenvalue weighted by atomic mass is 10.0. The van der Waals surface area contributed by atoms with E-state index in [2.05, 4.69) is 12.2 Å². The summed E-state index contributed by atoms with van der Waals surface area (Å²) in [6.07, 6.45) is 6.50. The van der Waals surface area contributed by atoms with Crippen LogP contribution in [0.4, 0.5) is 4.79 Å². The number of aliphatic carboxylic acids is 1. The standard InChI is InChI=1S/C28H38Cl2N2O4/c1-4-6-7-8-9-16-32(27(35)31-20-22-13-14-23(29)19-25(22)30)17-15-21-11-10-12-24(18-21)36-28(3,5-2)26(33)34/h10-14,18-19H,4-9,15-17,20H2,1-3H3,(H,31,35)(H,33,34). The Balaban J connectivity index is 2.03. The van der Waals surface area contributed by atoms with Gasteiger partial charge in [-0.2, -0.15) is 0 Å². The molecule has 0 aliphatic carbocycles. The number of carbonyl (C=O) groups is 2. The first-order valence-corrected chi connectivity index (χ1v) is 13.4. The molecule has 0 aromatic heterocycles. The molecule has 0 spiro atoms. The van der Waals surface area contributed by atoms with E-state index < -0.39 is 11.6 Å². The second kappa shape index (κ2) is 15.0. The summed E-state index contributed by atoms with van der Waals surface area (Å²) in [5.74, 6) is -0.491. The van der Waals surface area contributed by atoms with Gasteiger partial charge in [0.15, 0.2) is 0 Å². The zero-order chi connectivity index (χ0) is 26.6. The van der Waals surface area contributed by atoms with Crippen molar-refractivity contribution in [3.63, 3.8) is 0 Å². The molecule has 1 unspecified atom stereocenters. The third-order valence-corrected chi connectivity index (χ3v) is 6.89. The Bertz CT molecular complexity index is 1000. The number of hydrogen-bond donors (Lipinski definition) is 2. The molecule has 1 atom stereocenters. The van der Waals surface area contributed by atoms with E-state index in [-0.39, 0.29) is 6.03 Å². The van der Waals surface area contributed by atoms with Crippen LogP contribution in [0.1, 0.15) is 70.4 Å². The lowest BCUT2D eigenvalue weighted by molar-refractivity contribution is -0.154. The lowest BCUT2D eigenvalue weighted by Crippen LogP contribution is -2.41. The van der Waals surface area contributed by atoms with E-state index in [9.17, 15) is 14.7 Å². The van der Waals surface area contributed by atoms with Gasteiger partial charge in [-0.3, -0.25) is 0 Å². The minimum atomic E-state index is -1.29. The molecule has 2 aromatic rings. The van der Waals surface area contributed by atoms with E-state index in [1.54, 1.807) is 32.0 Å². The maximum atomic E-state index is 13.1. The Kier molecular flexibility index (Phi) is 12.4. The van der Waals surface area contributed by atoms with Crippen molar-refractivity contribution in [1.82, 2.24) is 10.2 Å². The van der Waals surface area contributed by atoms with E-state index in [4.69, 9.17) is 27.9 Å². The summed E-state index contributed by atoms with van der Waals surface area (Å²) in [6.45, 7) is 7.04. The van der Waals surface area contributed by atoms with Crippen LogP contribution in [-0.2, 0) is 17.8 Å². The molecule has 2 rings (SSSR count). The van der Waals surface area contributed by atoms with Gasteiger partial charge in [0, 0.05) is 29.7 Å². The van der Waals surface area contributed by atoms with Crippen molar-refractivity contribution in [3.05, 3.63) is 63.6 Å². The molecule has 198 valence electrons. The van der Waals surface area contributed by atoms with E-state index in [1.807, 2.05) is 29.2 Å². The van der Waals surface area contributed by atoms with Gasteiger partial charge in [0.25, 0.3) is 0 Å². The van der Waals surface area contributed by atoms with E-state index in [0.717, 1.165) is 30.4 Å². The molecule has 2 N–H and O–H groups in total. The number of unbranched alkanes of at least 4 members (excludes halogenated alkanes) is 4. The summed E-state index contributed by atoms with van der Waals surface area (Å²) >= 11 is 12.2. The van der Waals surface area contributed by atoms with Crippen LogP contribution in [0.25, 0.3) is 0 Å². The molecule has 0 fully saturated rings. The van der Waals surface area contributed by atoms with Crippen molar-refractivity contribution in [2.75, 3.05) is 13.1 Å². The Morgan fingerprint density at radius 2 is 1.78 bits per heavy atom. The average Bonchev–Trinajstić information content (AvgIpc) is 2.85. The highest BCUT2D eigenvalue weighted by Gasteiger charge is 2.33. The van der Waals surface area contributed by atoms with Crippen LogP contribution < -0.4 is 10.1 Å². The molecule has 0 radical (unpaired) electrons. The predicted octanol–water partition coefficient (Wildman–Crippen LogP) is 7.35. The fourth-order valence-electron chi connectivity index (χ4n) is 3.72. The highest BCUT2D eigenvalue weighted by Crippen LogP contribution is 2.23. The number of carboxylic acid groups (broad SMARTS) is 1. The summed E-state index contributed by atoms with van der Waals surface area (Å²) in [6, 6.07) is 12.5. The summed E-state index contributed by atoms with van der Waals surface area (Å²) in [5.41, 5.74) is 0.492. The maximum Gasteiger partial charge on any atom is 0.347 e. The summed E-state index contributed by atoms with van der Waals surface area (Å²) in [4.78, 5) is 26.5. The number of nitrogens with one attached hydrogen (secondary N) is 1. The third kappa shape index (κ3) is 9.55. The van der Waals surface area contributed by atoms with E-state index in [1.165, 1.54) is 12.8 Å². The number of rotatable bonds is 15. The monoisotopic (exact) mass is 536 g/mol. The quantitative estimate of drug-likeness (QED) is 0.233. The Hall–Kier alpha value is -2.44. The first-order valence-electron chi connectivity index (χ1n) is 12.7. The fraction of sp³-hybridized carbons (Fsp3) is 0.500. The SMILES string of the molecule is CCCCCCCN(CCc1cccc(OC(C)(CC)C(=O)O)c1)C(=O)NCc1ccc(Cl)cc1Cl. The summed E-state index contributed by atoms with van der Waals surface area (Å²) in [7, 11) is 0. The minimum Gasteiger partial charge on any atom is -0.478 e. The van der Waals surface area contributed by atoms with Gasteiger partial charge in [-0.1, -0.05) is 80.9 Å². The van der Waals surface area contributed by atoms with Gasteiger partial charge in [0.2, 0.25) is 5.60 Å². The summed E-state index contributed by atoms with van der Waals surface area (Å²) in [5, 5.41) is 13.6. The zero-order valence-electron chi connectivity index (χ0n) is 21.5. The van der Waals surface area contributed by atoms with E-state index in [0.29, 0.717) is 48.3 Å². The number of amides is 2. The molecule has 2 amide bonds. The van der Waals surface area contributed by atoms with Crippen LogP contribution in [0.5, 0.6) is 5.75 Å². The Morgan fingerprint density at radius 3 is 2.44 bits per heavy atom. The average molecular weight is 538 g/mol. The van der Waals surface area contributed by atoms with Crippen molar-refractivity contribution < 1.29 is 19.4 Å². The van der Waals surface area contributed by atoms with Gasteiger partial charge >= 0.3 is 12.0 Å². The number of carbonyl (C=O) groups excluding carboxylic acids is 1. The van der Waals surface area contributed by atoms with E-state index >= 15 is 0 Å². The van der Waals surface area contributed by atoms with Crippen LogP contribution in [0, 0.1) is 0 Å². The van der Waals surface area contributed by atoms with Crippen molar-refractivity contribution in [2.24, 2.45) is 0 Å². The predicted molar refractivity (Wildman–Crippen MR) is 146 cm³/mol. The van der Waals surface area contributed by atoms with Gasteiger partial charge in [-0.15, -0.1) is 0 Å². The van der Waals surface area contributed by atoms with Gasteiger partial charge < -0.3 is 20.1 Å². The number of nitrogens with zero attached hydrogens (tertiary/aromatic N) is 1. The van der Waals surface area contributed by atoms with Gasteiger partial charge in [-0.05, 0) is 61.6 Å². The maximum absolute atomic E-state index is 13.1. The second-order valence-electron chi connectivity index (χ2n) is 9.18.